The van der Waals surface area contributed by atoms with Crippen LogP contribution in [0.15, 0.2) is 42.5 Å². The summed E-state index contributed by atoms with van der Waals surface area (Å²) in [6.07, 6.45) is 1.72. The molecule has 5 rings (SSSR count). The van der Waals surface area contributed by atoms with Crippen LogP contribution in [0.4, 0.5) is 0 Å². The molecule has 2 aromatic carbocycles. The second-order valence-corrected chi connectivity index (χ2v) is 8.21. The van der Waals surface area contributed by atoms with Crippen LogP contribution in [-0.4, -0.2) is 16.8 Å². The molecule has 0 aliphatic heterocycles. The van der Waals surface area contributed by atoms with Crippen LogP contribution in [0.25, 0.3) is 10.8 Å². The first-order chi connectivity index (χ1) is 10.9. The molecule has 3 fully saturated rings. The first kappa shape index (κ1) is 15.2. The lowest BCUT2D eigenvalue weighted by Crippen LogP contribution is -2.67. The molecule has 0 spiro atoms. The van der Waals surface area contributed by atoms with E-state index < -0.39 is 5.60 Å². The van der Waals surface area contributed by atoms with Gasteiger partial charge in [0.05, 0.1) is 18.3 Å². The van der Waals surface area contributed by atoms with Crippen molar-refractivity contribution in [2.45, 2.75) is 51.9 Å². The van der Waals surface area contributed by atoms with Crippen molar-refractivity contribution >= 4 is 10.8 Å². The highest BCUT2D eigenvalue weighted by Crippen LogP contribution is 2.63. The van der Waals surface area contributed by atoms with E-state index in [1.54, 1.807) is 0 Å². The van der Waals surface area contributed by atoms with E-state index in [9.17, 15) is 5.11 Å². The summed E-state index contributed by atoms with van der Waals surface area (Å²) in [5.41, 5.74) is 1.04. The van der Waals surface area contributed by atoms with Gasteiger partial charge in [0.1, 0.15) is 0 Å². The second-order valence-electron chi connectivity index (χ2n) is 8.21. The van der Waals surface area contributed by atoms with Gasteiger partial charge in [0, 0.05) is 0 Å². The molecule has 23 heavy (non-hydrogen) atoms. The Morgan fingerprint density at radius 2 is 1.78 bits per heavy atom. The van der Waals surface area contributed by atoms with Crippen molar-refractivity contribution < 1.29 is 9.84 Å². The van der Waals surface area contributed by atoms with Crippen molar-refractivity contribution in [3.63, 3.8) is 0 Å². The maximum absolute atomic E-state index is 10.6. The van der Waals surface area contributed by atoms with Crippen LogP contribution in [0, 0.1) is 17.3 Å². The Morgan fingerprint density at radius 3 is 2.52 bits per heavy atom. The van der Waals surface area contributed by atoms with Gasteiger partial charge in [-0.1, -0.05) is 50.2 Å². The van der Waals surface area contributed by atoms with Crippen LogP contribution < -0.4 is 0 Å². The minimum atomic E-state index is -0.427. The van der Waals surface area contributed by atoms with Gasteiger partial charge in [-0.25, -0.2) is 0 Å². The summed E-state index contributed by atoms with van der Waals surface area (Å²) in [6.45, 7) is 7.33. The summed E-state index contributed by atoms with van der Waals surface area (Å²) in [5, 5.41) is 13.1. The fourth-order valence-corrected chi connectivity index (χ4v) is 4.89. The van der Waals surface area contributed by atoms with Crippen molar-refractivity contribution in [3.8, 4) is 0 Å². The lowest BCUT2D eigenvalue weighted by molar-refractivity contribution is -0.269. The third-order valence-corrected chi connectivity index (χ3v) is 6.70. The summed E-state index contributed by atoms with van der Waals surface area (Å²) in [7, 11) is 0. The number of hydrogen-bond acceptors (Lipinski definition) is 2. The molecule has 0 amide bonds. The van der Waals surface area contributed by atoms with Crippen LogP contribution >= 0.6 is 0 Å². The van der Waals surface area contributed by atoms with Crippen LogP contribution in [0.5, 0.6) is 0 Å². The molecule has 3 aliphatic carbocycles. The SMILES string of the molecule is CC1(C)[C@@H]2C[C@H]1[C@](C)(OCc1ccc3ccccc3c1)[C@@H](O)C2. The topological polar surface area (TPSA) is 29.5 Å². The van der Waals surface area contributed by atoms with E-state index in [0.29, 0.717) is 18.4 Å². The Kier molecular flexibility index (Phi) is 3.33. The van der Waals surface area contributed by atoms with Crippen LogP contribution in [-0.2, 0) is 11.3 Å². The average Bonchev–Trinajstić information content (AvgIpc) is 2.55. The normalized spacial score (nSPS) is 35.0. The highest BCUT2D eigenvalue weighted by Gasteiger charge is 2.63. The van der Waals surface area contributed by atoms with Gasteiger partial charge >= 0.3 is 0 Å². The number of fused-ring (bicyclic) bond motifs is 3. The second kappa shape index (κ2) is 5.06. The lowest BCUT2D eigenvalue weighted by Gasteiger charge is -2.65. The molecule has 122 valence electrons. The van der Waals surface area contributed by atoms with E-state index in [1.165, 1.54) is 22.8 Å². The summed E-state index contributed by atoms with van der Waals surface area (Å²) in [4.78, 5) is 0. The molecule has 2 aromatic rings. The minimum absolute atomic E-state index is 0.289. The summed E-state index contributed by atoms with van der Waals surface area (Å²) < 4.78 is 6.35. The lowest BCUT2D eigenvalue weighted by atomic mass is 9.43. The Morgan fingerprint density at radius 1 is 1.04 bits per heavy atom. The smallest absolute Gasteiger partial charge is 0.0950 e. The van der Waals surface area contributed by atoms with E-state index in [2.05, 4.69) is 63.2 Å². The molecule has 3 saturated carbocycles. The standard InChI is InChI=1S/C21H26O2/c1-20(2)17-11-18(20)21(3,19(22)12-17)23-13-14-8-9-15-6-4-5-7-16(15)10-14/h4-10,17-19,22H,11-13H2,1-3H3/t17-,18-,19+,21+/m1/s1. The molecular weight excluding hydrogens is 284 g/mol. The maximum atomic E-state index is 10.6. The number of hydrogen-bond donors (Lipinski definition) is 1. The Hall–Kier alpha value is -1.38. The first-order valence-corrected chi connectivity index (χ1v) is 8.71. The van der Waals surface area contributed by atoms with Crippen LogP contribution in [0.2, 0.25) is 0 Å². The molecule has 3 aliphatic rings. The number of aliphatic hydroxyl groups excluding tert-OH is 1. The monoisotopic (exact) mass is 310 g/mol. The molecular formula is C21H26O2. The van der Waals surface area contributed by atoms with Crippen LogP contribution in [0.3, 0.4) is 0 Å². The van der Waals surface area contributed by atoms with Gasteiger partial charge in [0.2, 0.25) is 0 Å². The zero-order chi connectivity index (χ0) is 16.2. The van der Waals surface area contributed by atoms with E-state index >= 15 is 0 Å². The molecule has 2 heteroatoms. The van der Waals surface area contributed by atoms with Crippen molar-refractivity contribution in [1.82, 2.24) is 0 Å². The van der Waals surface area contributed by atoms with Crippen LogP contribution in [0.1, 0.15) is 39.2 Å². The molecule has 0 unspecified atom stereocenters. The molecule has 1 N–H and O–H groups in total. The zero-order valence-corrected chi connectivity index (χ0v) is 14.3. The minimum Gasteiger partial charge on any atom is -0.390 e. The van der Waals surface area contributed by atoms with Gasteiger partial charge in [0.25, 0.3) is 0 Å². The predicted molar refractivity (Wildman–Crippen MR) is 93.1 cm³/mol. The van der Waals surface area contributed by atoms with E-state index in [-0.39, 0.29) is 11.5 Å². The highest BCUT2D eigenvalue weighted by atomic mass is 16.5. The van der Waals surface area contributed by atoms with Crippen molar-refractivity contribution in [2.75, 3.05) is 0 Å². The first-order valence-electron chi connectivity index (χ1n) is 8.71. The van der Waals surface area contributed by atoms with Gasteiger partial charge in [-0.15, -0.1) is 0 Å². The van der Waals surface area contributed by atoms with Gasteiger partial charge in [-0.3, -0.25) is 0 Å². The molecule has 0 radical (unpaired) electrons. The zero-order valence-electron chi connectivity index (χ0n) is 14.3. The largest absolute Gasteiger partial charge is 0.390 e. The number of aliphatic hydroxyl groups is 1. The molecule has 0 heterocycles. The third-order valence-electron chi connectivity index (χ3n) is 6.70. The predicted octanol–water partition coefficient (Wildman–Crippen LogP) is 4.54. The summed E-state index contributed by atoms with van der Waals surface area (Å²) in [5.74, 6) is 1.10. The van der Waals surface area contributed by atoms with Crippen molar-refractivity contribution in [3.05, 3.63) is 48.0 Å². The quantitative estimate of drug-likeness (QED) is 0.901. The summed E-state index contributed by atoms with van der Waals surface area (Å²) >= 11 is 0. The Bertz CT molecular complexity index is 735. The van der Waals surface area contributed by atoms with E-state index in [4.69, 9.17) is 4.74 Å². The number of ether oxygens (including phenoxy) is 1. The number of benzene rings is 2. The fourth-order valence-electron chi connectivity index (χ4n) is 4.89. The van der Waals surface area contributed by atoms with E-state index in [0.717, 1.165) is 6.42 Å². The van der Waals surface area contributed by atoms with Gasteiger partial charge in [0.15, 0.2) is 0 Å². The van der Waals surface area contributed by atoms with Gasteiger partial charge in [-0.2, -0.15) is 0 Å². The van der Waals surface area contributed by atoms with Gasteiger partial charge < -0.3 is 9.84 Å². The molecule has 0 aromatic heterocycles. The molecule has 2 nitrogen and oxygen atoms in total. The fraction of sp³-hybridized carbons (Fsp3) is 0.524. The Labute approximate surface area is 138 Å². The number of rotatable bonds is 3. The summed E-state index contributed by atoms with van der Waals surface area (Å²) in [6, 6.07) is 14.9. The third kappa shape index (κ3) is 2.23. The maximum Gasteiger partial charge on any atom is 0.0950 e. The van der Waals surface area contributed by atoms with E-state index in [1.807, 2.05) is 0 Å². The molecule has 4 atom stereocenters. The van der Waals surface area contributed by atoms with Crippen molar-refractivity contribution in [2.24, 2.45) is 17.3 Å². The van der Waals surface area contributed by atoms with Gasteiger partial charge in [-0.05, 0) is 59.4 Å². The molecule has 0 saturated heterocycles. The molecule has 2 bridgehead atoms. The average molecular weight is 310 g/mol. The Balaban J connectivity index is 1.55. The van der Waals surface area contributed by atoms with Crippen molar-refractivity contribution in [1.29, 1.82) is 0 Å². The highest BCUT2D eigenvalue weighted by molar-refractivity contribution is 5.82.